The molecule has 1 aliphatic carbocycles. The van der Waals surface area contributed by atoms with E-state index in [1.54, 1.807) is 6.92 Å². The smallest absolute Gasteiger partial charge is 0.150 e. The number of hydrogen-bond acceptors (Lipinski definition) is 4. The Morgan fingerprint density at radius 3 is 2.35 bits per heavy atom. The maximum Gasteiger partial charge on any atom is 0.150 e. The summed E-state index contributed by atoms with van der Waals surface area (Å²) in [5, 5.41) is 0. The van der Waals surface area contributed by atoms with Gasteiger partial charge in [0, 0.05) is 17.9 Å². The van der Waals surface area contributed by atoms with E-state index >= 15 is 0 Å². The van der Waals surface area contributed by atoms with E-state index in [0.29, 0.717) is 18.5 Å². The molecule has 0 saturated heterocycles. The van der Waals surface area contributed by atoms with Gasteiger partial charge >= 0.3 is 0 Å². The van der Waals surface area contributed by atoms with Gasteiger partial charge in [0.25, 0.3) is 0 Å². The third-order valence-corrected chi connectivity index (χ3v) is 5.84. The summed E-state index contributed by atoms with van der Waals surface area (Å²) in [7, 11) is -2.98. The van der Waals surface area contributed by atoms with E-state index in [-0.39, 0.29) is 22.7 Å². The summed E-state index contributed by atoms with van der Waals surface area (Å²) in [4.78, 5) is 12.4. The van der Waals surface area contributed by atoms with Gasteiger partial charge in [-0.15, -0.1) is 0 Å². The molecular formula is C15H21NO3S. The number of ketones is 1. The molecule has 0 atom stereocenters. The lowest BCUT2D eigenvalue weighted by Gasteiger charge is -2.14. The van der Waals surface area contributed by atoms with Crippen molar-refractivity contribution < 1.29 is 13.2 Å². The molecule has 1 fully saturated rings. The second-order valence-corrected chi connectivity index (χ2v) is 7.94. The number of nitrogens with two attached hydrogens (primary N) is 1. The van der Waals surface area contributed by atoms with Gasteiger partial charge in [0.05, 0.1) is 11.2 Å². The molecule has 0 unspecified atom stereocenters. The Morgan fingerprint density at radius 2 is 1.85 bits per heavy atom. The summed E-state index contributed by atoms with van der Waals surface area (Å²) in [6, 6.07) is 7.43. The molecule has 0 bridgehead atoms. The van der Waals surface area contributed by atoms with Gasteiger partial charge in [-0.2, -0.15) is 0 Å². The van der Waals surface area contributed by atoms with Crippen LogP contribution in [0.25, 0.3) is 0 Å². The number of nitrogen functional groups attached to an aromatic ring is 1. The zero-order valence-electron chi connectivity index (χ0n) is 11.8. The molecule has 0 aromatic heterocycles. The molecule has 1 aliphatic rings. The normalized spacial score (nSPS) is 16.9. The Morgan fingerprint density at radius 1 is 1.25 bits per heavy atom. The second kappa shape index (κ2) is 5.56. The fraction of sp³-hybridized carbons (Fsp3) is 0.533. The molecule has 2 N–H and O–H groups in total. The topological polar surface area (TPSA) is 77.2 Å². The number of carbonyl (C=O) groups excluding carboxylic acids is 1. The van der Waals surface area contributed by atoms with E-state index in [0.717, 1.165) is 18.4 Å². The molecule has 5 heteroatoms. The number of Topliss-reactive ketones (excluding diaryl/α,β-unsaturated/α-hetero) is 1. The van der Waals surface area contributed by atoms with Crippen LogP contribution < -0.4 is 5.73 Å². The van der Waals surface area contributed by atoms with Crippen LogP contribution in [-0.4, -0.2) is 25.7 Å². The van der Waals surface area contributed by atoms with Crippen molar-refractivity contribution in [1.29, 1.82) is 0 Å². The summed E-state index contributed by atoms with van der Waals surface area (Å²) in [5.41, 5.74) is 6.98. The summed E-state index contributed by atoms with van der Waals surface area (Å²) in [6.45, 7) is 1.63. The third-order valence-electron chi connectivity index (χ3n) is 4.05. The van der Waals surface area contributed by atoms with E-state index in [1.807, 2.05) is 24.3 Å². The highest BCUT2D eigenvalue weighted by atomic mass is 32.2. The molecule has 0 spiro atoms. The van der Waals surface area contributed by atoms with Gasteiger partial charge in [-0.1, -0.05) is 19.1 Å². The van der Waals surface area contributed by atoms with Gasteiger partial charge in [-0.3, -0.25) is 4.79 Å². The van der Waals surface area contributed by atoms with Crippen molar-refractivity contribution >= 4 is 21.3 Å². The number of benzene rings is 1. The Hall–Kier alpha value is -1.36. The maximum atomic E-state index is 12.4. The highest BCUT2D eigenvalue weighted by Gasteiger charge is 2.50. The second-order valence-electron chi connectivity index (χ2n) is 5.47. The van der Waals surface area contributed by atoms with Gasteiger partial charge in [0.1, 0.15) is 15.6 Å². The van der Waals surface area contributed by atoms with E-state index in [2.05, 4.69) is 0 Å². The molecule has 4 nitrogen and oxygen atoms in total. The molecule has 2 rings (SSSR count). The molecule has 1 aromatic carbocycles. The predicted molar refractivity (Wildman–Crippen MR) is 80.3 cm³/mol. The van der Waals surface area contributed by atoms with Crippen LogP contribution in [0.2, 0.25) is 0 Å². The van der Waals surface area contributed by atoms with Crippen LogP contribution in [0.5, 0.6) is 0 Å². The average Bonchev–Trinajstić information content (AvgIpc) is 3.21. The van der Waals surface area contributed by atoms with Crippen LogP contribution >= 0.6 is 0 Å². The van der Waals surface area contributed by atoms with E-state index in [4.69, 9.17) is 5.73 Å². The lowest BCUT2D eigenvalue weighted by molar-refractivity contribution is -0.121. The number of hydrogen-bond donors (Lipinski definition) is 1. The molecule has 0 heterocycles. The molecule has 20 heavy (non-hydrogen) atoms. The molecular weight excluding hydrogens is 274 g/mol. The maximum absolute atomic E-state index is 12.4. The number of anilines is 1. The first-order chi connectivity index (χ1) is 9.39. The van der Waals surface area contributed by atoms with Crippen LogP contribution in [-0.2, 0) is 20.0 Å². The van der Waals surface area contributed by atoms with E-state index in [1.165, 1.54) is 0 Å². The summed E-state index contributed by atoms with van der Waals surface area (Å²) in [6.07, 6.45) is 2.47. The fourth-order valence-corrected chi connectivity index (χ4v) is 3.36. The quantitative estimate of drug-likeness (QED) is 0.781. The van der Waals surface area contributed by atoms with Crippen molar-refractivity contribution in [1.82, 2.24) is 0 Å². The Labute approximate surface area is 120 Å². The molecule has 110 valence electrons. The summed E-state index contributed by atoms with van der Waals surface area (Å²) >= 11 is 0. The summed E-state index contributed by atoms with van der Waals surface area (Å²) in [5.74, 6) is 0.408. The molecule has 0 aliphatic heterocycles. The molecule has 0 amide bonds. The number of sulfone groups is 1. The Balaban J connectivity index is 1.97. The molecule has 1 saturated carbocycles. The van der Waals surface area contributed by atoms with E-state index in [9.17, 15) is 13.2 Å². The lowest BCUT2D eigenvalue weighted by Crippen LogP contribution is -2.21. The van der Waals surface area contributed by atoms with Crippen LogP contribution in [0.3, 0.4) is 0 Å². The monoisotopic (exact) mass is 295 g/mol. The highest BCUT2D eigenvalue weighted by molar-refractivity contribution is 7.91. The van der Waals surface area contributed by atoms with E-state index < -0.39 is 9.84 Å². The van der Waals surface area contributed by atoms with Crippen LogP contribution in [0.15, 0.2) is 24.3 Å². The first-order valence-corrected chi connectivity index (χ1v) is 8.81. The van der Waals surface area contributed by atoms with Gasteiger partial charge < -0.3 is 5.73 Å². The molecule has 0 radical (unpaired) electrons. The van der Waals surface area contributed by atoms with Gasteiger partial charge in [0.2, 0.25) is 0 Å². The fourth-order valence-electron chi connectivity index (χ4n) is 2.49. The average molecular weight is 295 g/mol. The van der Waals surface area contributed by atoms with Crippen molar-refractivity contribution in [2.45, 2.75) is 38.0 Å². The minimum Gasteiger partial charge on any atom is -0.399 e. The van der Waals surface area contributed by atoms with Crippen LogP contribution in [0.1, 0.15) is 38.2 Å². The predicted octanol–water partition coefficient (Wildman–Crippen LogP) is 2.08. The lowest BCUT2D eigenvalue weighted by atomic mass is 9.89. The zero-order valence-corrected chi connectivity index (χ0v) is 12.6. The van der Waals surface area contributed by atoms with Crippen molar-refractivity contribution in [2.75, 3.05) is 17.2 Å². The summed E-state index contributed by atoms with van der Waals surface area (Å²) < 4.78 is 22.9. The van der Waals surface area contributed by atoms with Gasteiger partial charge in [-0.05, 0) is 37.0 Å². The third kappa shape index (κ3) is 3.20. The minimum absolute atomic E-state index is 0.104. The standard InChI is InChI=1S/C15H21NO3S/c1-2-20(18,19)11-3-4-14(17)15(9-10-15)12-5-7-13(16)8-6-12/h5-8H,2-4,9-11,16H2,1H3. The minimum atomic E-state index is -2.98. The van der Waals surface area contributed by atoms with Gasteiger partial charge in [0.15, 0.2) is 0 Å². The molecule has 1 aromatic rings. The SMILES string of the molecule is CCS(=O)(=O)CCCC(=O)C1(c2ccc(N)cc2)CC1. The van der Waals surface area contributed by atoms with Crippen molar-refractivity contribution in [3.8, 4) is 0 Å². The van der Waals surface area contributed by atoms with Gasteiger partial charge in [-0.25, -0.2) is 8.42 Å². The Kier molecular flexibility index (Phi) is 4.18. The zero-order chi connectivity index (χ0) is 14.8. The Bertz CT molecular complexity index is 586. The first-order valence-electron chi connectivity index (χ1n) is 6.99. The first kappa shape index (κ1) is 15.0. The van der Waals surface area contributed by atoms with Crippen molar-refractivity contribution in [3.05, 3.63) is 29.8 Å². The number of rotatable bonds is 7. The van der Waals surface area contributed by atoms with Crippen LogP contribution in [0, 0.1) is 0 Å². The van der Waals surface area contributed by atoms with Crippen LogP contribution in [0.4, 0.5) is 5.69 Å². The number of carbonyl (C=O) groups is 1. The largest absolute Gasteiger partial charge is 0.399 e. The highest BCUT2D eigenvalue weighted by Crippen LogP contribution is 2.49. The van der Waals surface area contributed by atoms with Crippen molar-refractivity contribution in [3.63, 3.8) is 0 Å². The van der Waals surface area contributed by atoms with Crippen molar-refractivity contribution in [2.24, 2.45) is 0 Å².